The van der Waals surface area contributed by atoms with Crippen LogP contribution in [0.3, 0.4) is 0 Å². The third-order valence-electron chi connectivity index (χ3n) is 2.70. The quantitative estimate of drug-likeness (QED) is 0.880. The van der Waals surface area contributed by atoms with Gasteiger partial charge in [-0.1, -0.05) is 6.07 Å². The van der Waals surface area contributed by atoms with Crippen molar-refractivity contribution in [1.29, 1.82) is 0 Å². The van der Waals surface area contributed by atoms with E-state index in [0.717, 1.165) is 22.9 Å². The van der Waals surface area contributed by atoms with Crippen LogP contribution in [0.4, 0.5) is 5.82 Å². The fourth-order valence-corrected chi connectivity index (χ4v) is 1.66. The smallest absolute Gasteiger partial charge is 0.127 e. The van der Waals surface area contributed by atoms with Crippen molar-refractivity contribution < 1.29 is 0 Å². The lowest BCUT2D eigenvalue weighted by molar-refractivity contribution is 0.801. The zero-order valence-electron chi connectivity index (χ0n) is 10.8. The van der Waals surface area contributed by atoms with E-state index in [2.05, 4.69) is 15.0 Å². The van der Waals surface area contributed by atoms with Gasteiger partial charge in [0.2, 0.25) is 0 Å². The van der Waals surface area contributed by atoms with Crippen molar-refractivity contribution in [3.63, 3.8) is 0 Å². The topological polar surface area (TPSA) is 67.9 Å². The predicted molar refractivity (Wildman–Crippen MR) is 71.4 cm³/mol. The molecule has 0 aromatic carbocycles. The van der Waals surface area contributed by atoms with E-state index in [1.165, 1.54) is 0 Å². The molecule has 0 fully saturated rings. The van der Waals surface area contributed by atoms with Crippen LogP contribution in [0.5, 0.6) is 0 Å². The summed E-state index contributed by atoms with van der Waals surface area (Å²) in [5.41, 5.74) is 7.92. The molecule has 0 radical (unpaired) electrons. The molecule has 0 spiro atoms. The molecular weight excluding hydrogens is 226 g/mol. The van der Waals surface area contributed by atoms with E-state index in [1.807, 2.05) is 44.1 Å². The summed E-state index contributed by atoms with van der Waals surface area (Å²) in [7, 11) is 3.91. The Balaban J connectivity index is 2.26. The van der Waals surface area contributed by atoms with Gasteiger partial charge in [0, 0.05) is 26.5 Å². The molecule has 0 saturated heterocycles. The van der Waals surface area contributed by atoms with Gasteiger partial charge < -0.3 is 10.6 Å². The maximum atomic E-state index is 6.17. The fraction of sp³-hybridized carbons (Fsp3) is 0.308. The lowest BCUT2D eigenvalue weighted by Gasteiger charge is -2.14. The average Bonchev–Trinajstić information content (AvgIpc) is 2.38. The standard InChI is InChI=1S/C13H17N5/c1-9-15-7-6-11(17-9)13(14)10-4-5-12(16-8-10)18(2)3/h4-8,13H,14H2,1-3H3. The van der Waals surface area contributed by atoms with Crippen molar-refractivity contribution in [2.45, 2.75) is 13.0 Å². The lowest BCUT2D eigenvalue weighted by atomic mass is 10.1. The third kappa shape index (κ3) is 2.62. The minimum atomic E-state index is -0.268. The Labute approximate surface area is 107 Å². The van der Waals surface area contributed by atoms with Crippen molar-refractivity contribution in [2.75, 3.05) is 19.0 Å². The van der Waals surface area contributed by atoms with Crippen LogP contribution in [0, 0.1) is 6.92 Å². The molecule has 5 heteroatoms. The molecule has 2 aromatic rings. The van der Waals surface area contributed by atoms with Crippen LogP contribution in [0.15, 0.2) is 30.6 Å². The number of nitrogens with zero attached hydrogens (tertiary/aromatic N) is 4. The number of nitrogens with two attached hydrogens (primary N) is 1. The molecule has 0 aliphatic heterocycles. The van der Waals surface area contributed by atoms with Crippen LogP contribution in [0.1, 0.15) is 23.1 Å². The summed E-state index contributed by atoms with van der Waals surface area (Å²) in [4.78, 5) is 14.7. The van der Waals surface area contributed by atoms with Crippen molar-refractivity contribution >= 4 is 5.82 Å². The summed E-state index contributed by atoms with van der Waals surface area (Å²) in [6.07, 6.45) is 3.51. The van der Waals surface area contributed by atoms with Gasteiger partial charge in [0.25, 0.3) is 0 Å². The highest BCUT2D eigenvalue weighted by atomic mass is 15.1. The Morgan fingerprint density at radius 1 is 1.17 bits per heavy atom. The van der Waals surface area contributed by atoms with Crippen LogP contribution in [-0.2, 0) is 0 Å². The number of rotatable bonds is 3. The van der Waals surface area contributed by atoms with Crippen LogP contribution < -0.4 is 10.6 Å². The number of pyridine rings is 1. The van der Waals surface area contributed by atoms with Crippen LogP contribution in [0.25, 0.3) is 0 Å². The molecule has 0 amide bonds. The van der Waals surface area contributed by atoms with Crippen molar-refractivity contribution in [1.82, 2.24) is 15.0 Å². The number of aryl methyl sites for hydroxylation is 1. The average molecular weight is 243 g/mol. The van der Waals surface area contributed by atoms with E-state index in [1.54, 1.807) is 12.4 Å². The van der Waals surface area contributed by atoms with Crippen molar-refractivity contribution in [3.8, 4) is 0 Å². The molecule has 0 aliphatic carbocycles. The normalized spacial score (nSPS) is 12.2. The third-order valence-corrected chi connectivity index (χ3v) is 2.70. The summed E-state index contributed by atoms with van der Waals surface area (Å²) in [6, 6.07) is 5.49. The minimum Gasteiger partial charge on any atom is -0.363 e. The van der Waals surface area contributed by atoms with Gasteiger partial charge >= 0.3 is 0 Å². The Bertz CT molecular complexity index is 521. The van der Waals surface area contributed by atoms with E-state index in [4.69, 9.17) is 5.73 Å². The Hall–Kier alpha value is -2.01. The molecule has 0 bridgehead atoms. The Morgan fingerprint density at radius 3 is 2.50 bits per heavy atom. The molecule has 1 atom stereocenters. The molecule has 0 aliphatic rings. The lowest BCUT2D eigenvalue weighted by Crippen LogP contribution is -2.16. The highest BCUT2D eigenvalue weighted by Gasteiger charge is 2.11. The monoisotopic (exact) mass is 243 g/mol. The molecule has 94 valence electrons. The zero-order chi connectivity index (χ0) is 13.1. The summed E-state index contributed by atoms with van der Waals surface area (Å²) >= 11 is 0. The summed E-state index contributed by atoms with van der Waals surface area (Å²) < 4.78 is 0. The molecule has 2 aromatic heterocycles. The molecule has 5 nitrogen and oxygen atoms in total. The van der Waals surface area contributed by atoms with Gasteiger partial charge in [-0.25, -0.2) is 15.0 Å². The second-order valence-electron chi connectivity index (χ2n) is 4.35. The maximum absolute atomic E-state index is 6.17. The van der Waals surface area contributed by atoms with E-state index in [9.17, 15) is 0 Å². The highest BCUT2D eigenvalue weighted by Crippen LogP contribution is 2.18. The number of hydrogen-bond donors (Lipinski definition) is 1. The highest BCUT2D eigenvalue weighted by molar-refractivity contribution is 5.39. The molecule has 2 N–H and O–H groups in total. The van der Waals surface area contributed by atoms with E-state index >= 15 is 0 Å². The SMILES string of the molecule is Cc1nccc(C(N)c2ccc(N(C)C)nc2)n1. The first-order valence-corrected chi connectivity index (χ1v) is 5.76. The molecule has 18 heavy (non-hydrogen) atoms. The van der Waals surface area contributed by atoms with Crippen LogP contribution in [0.2, 0.25) is 0 Å². The number of aromatic nitrogens is 3. The second-order valence-corrected chi connectivity index (χ2v) is 4.35. The Kier molecular flexibility index (Phi) is 3.53. The van der Waals surface area contributed by atoms with Crippen LogP contribution in [-0.4, -0.2) is 29.0 Å². The van der Waals surface area contributed by atoms with Crippen LogP contribution >= 0.6 is 0 Å². The largest absolute Gasteiger partial charge is 0.363 e. The Morgan fingerprint density at radius 2 is 1.94 bits per heavy atom. The molecule has 2 rings (SSSR count). The van der Waals surface area contributed by atoms with Crippen molar-refractivity contribution in [2.24, 2.45) is 5.73 Å². The van der Waals surface area contributed by atoms with E-state index < -0.39 is 0 Å². The number of hydrogen-bond acceptors (Lipinski definition) is 5. The summed E-state index contributed by atoms with van der Waals surface area (Å²) in [5.74, 6) is 1.63. The van der Waals surface area contributed by atoms with Gasteiger partial charge in [-0.3, -0.25) is 0 Å². The number of anilines is 1. The van der Waals surface area contributed by atoms with E-state index in [0.29, 0.717) is 0 Å². The van der Waals surface area contributed by atoms with Crippen molar-refractivity contribution in [3.05, 3.63) is 47.7 Å². The second kappa shape index (κ2) is 5.10. The van der Waals surface area contributed by atoms with Gasteiger partial charge in [0.1, 0.15) is 11.6 Å². The first kappa shape index (κ1) is 12.4. The molecular formula is C13H17N5. The van der Waals surface area contributed by atoms with Gasteiger partial charge in [-0.05, 0) is 24.6 Å². The minimum absolute atomic E-state index is 0.268. The predicted octanol–water partition coefficient (Wildman–Crippen LogP) is 1.29. The summed E-state index contributed by atoms with van der Waals surface area (Å²) in [5, 5.41) is 0. The van der Waals surface area contributed by atoms with E-state index in [-0.39, 0.29) is 6.04 Å². The zero-order valence-corrected chi connectivity index (χ0v) is 10.8. The van der Waals surface area contributed by atoms with Gasteiger partial charge in [-0.15, -0.1) is 0 Å². The first-order chi connectivity index (χ1) is 8.58. The summed E-state index contributed by atoms with van der Waals surface area (Å²) in [6.45, 7) is 1.85. The van der Waals surface area contributed by atoms with Gasteiger partial charge in [0.15, 0.2) is 0 Å². The van der Waals surface area contributed by atoms with Gasteiger partial charge in [-0.2, -0.15) is 0 Å². The molecule has 1 unspecified atom stereocenters. The first-order valence-electron chi connectivity index (χ1n) is 5.76. The van der Waals surface area contributed by atoms with Gasteiger partial charge in [0.05, 0.1) is 11.7 Å². The maximum Gasteiger partial charge on any atom is 0.127 e. The molecule has 2 heterocycles. The fourth-order valence-electron chi connectivity index (χ4n) is 1.66. The molecule has 0 saturated carbocycles.